The Morgan fingerprint density at radius 1 is 1.27 bits per heavy atom. The van der Waals surface area contributed by atoms with E-state index in [1.807, 2.05) is 0 Å². The summed E-state index contributed by atoms with van der Waals surface area (Å²) in [6.07, 6.45) is 6.30. The van der Waals surface area contributed by atoms with Crippen LogP contribution in [-0.4, -0.2) is 62.7 Å². The first-order chi connectivity index (χ1) is 14.2. The molecular weight excluding hydrogens is 386 g/mol. The van der Waals surface area contributed by atoms with Gasteiger partial charge in [0.2, 0.25) is 5.95 Å². The Labute approximate surface area is 176 Å². The van der Waals surface area contributed by atoms with Gasteiger partial charge in [-0.2, -0.15) is 0 Å². The highest BCUT2D eigenvalue weighted by atomic mass is 16.5. The lowest BCUT2D eigenvalue weighted by atomic mass is 10.0. The van der Waals surface area contributed by atoms with Crippen molar-refractivity contribution in [2.75, 3.05) is 32.0 Å². The molecule has 3 N–H and O–H groups in total. The second-order valence-electron chi connectivity index (χ2n) is 8.47. The third-order valence-corrected chi connectivity index (χ3v) is 5.41. The molecule has 0 aliphatic carbocycles. The molecule has 30 heavy (non-hydrogen) atoms. The number of carbonyl (C=O) groups is 1. The molecule has 2 unspecified atom stereocenters. The van der Waals surface area contributed by atoms with Gasteiger partial charge in [0, 0.05) is 30.7 Å². The van der Waals surface area contributed by atoms with Crippen LogP contribution < -0.4 is 15.7 Å². The van der Waals surface area contributed by atoms with Crippen LogP contribution in [0.2, 0.25) is 0 Å². The van der Waals surface area contributed by atoms with Crippen molar-refractivity contribution >= 4 is 12.0 Å². The van der Waals surface area contributed by atoms with Crippen LogP contribution in [0.25, 0.3) is 0 Å². The van der Waals surface area contributed by atoms with E-state index in [-0.39, 0.29) is 11.6 Å². The van der Waals surface area contributed by atoms with Gasteiger partial charge in [-0.15, -0.1) is 0 Å². The Hall–Kier alpha value is -2.85. The van der Waals surface area contributed by atoms with Crippen LogP contribution in [0.4, 0.5) is 10.7 Å². The number of carboxylic acid groups (broad SMARTS) is 1. The van der Waals surface area contributed by atoms with Crippen LogP contribution in [0.15, 0.2) is 24.9 Å². The third-order valence-electron chi connectivity index (χ3n) is 5.41. The van der Waals surface area contributed by atoms with Crippen molar-refractivity contribution < 1.29 is 19.5 Å². The number of hydrogen-bond acceptors (Lipinski definition) is 8. The molecule has 0 radical (unpaired) electrons. The van der Waals surface area contributed by atoms with Crippen LogP contribution >= 0.6 is 0 Å². The van der Waals surface area contributed by atoms with Crippen LogP contribution in [0, 0.1) is 0 Å². The van der Waals surface area contributed by atoms with Gasteiger partial charge in [-0.25, -0.2) is 19.9 Å². The number of nitrogens with zero attached hydrogens (tertiary/aromatic N) is 5. The highest BCUT2D eigenvalue weighted by Gasteiger charge is 2.33. The summed E-state index contributed by atoms with van der Waals surface area (Å²) in [5, 5.41) is 10.5. The molecule has 4 heterocycles. The summed E-state index contributed by atoms with van der Waals surface area (Å²) in [5.74, 6) is 0.310. The van der Waals surface area contributed by atoms with Crippen molar-refractivity contribution in [3.05, 3.63) is 41.7 Å². The Morgan fingerprint density at radius 2 is 2.00 bits per heavy atom. The van der Waals surface area contributed by atoms with E-state index in [4.69, 9.17) is 10.5 Å². The van der Waals surface area contributed by atoms with Crippen molar-refractivity contribution in [1.29, 1.82) is 0 Å². The van der Waals surface area contributed by atoms with Gasteiger partial charge in [-0.3, -0.25) is 0 Å². The fourth-order valence-corrected chi connectivity index (χ4v) is 3.52. The monoisotopic (exact) mass is 415 g/mol. The highest BCUT2D eigenvalue weighted by molar-refractivity contribution is 5.62. The minimum atomic E-state index is -1.13. The molecule has 4 rings (SSSR count). The molecule has 10 heteroatoms. The lowest BCUT2D eigenvalue weighted by Gasteiger charge is -2.38. The van der Waals surface area contributed by atoms with Crippen LogP contribution in [0.1, 0.15) is 43.7 Å². The molecule has 162 valence electrons. The lowest BCUT2D eigenvalue weighted by Crippen LogP contribution is -3.20. The molecule has 0 saturated carbocycles. The van der Waals surface area contributed by atoms with E-state index in [9.17, 15) is 9.90 Å². The maximum Gasteiger partial charge on any atom is 0.219 e. The van der Waals surface area contributed by atoms with E-state index < -0.39 is 6.09 Å². The van der Waals surface area contributed by atoms with E-state index in [0.29, 0.717) is 25.5 Å². The number of nitrogen functional groups attached to an aromatic ring is 1. The zero-order valence-corrected chi connectivity index (χ0v) is 17.7. The number of morpholine rings is 1. The van der Waals surface area contributed by atoms with Gasteiger partial charge in [-0.05, 0) is 32.8 Å². The Morgan fingerprint density at radius 3 is 2.67 bits per heavy atom. The predicted molar refractivity (Wildman–Crippen MR) is 107 cm³/mol. The normalized spacial score (nSPS) is 21.2. The molecule has 2 aromatic heterocycles. The van der Waals surface area contributed by atoms with E-state index in [0.717, 1.165) is 36.5 Å². The lowest BCUT2D eigenvalue weighted by molar-refractivity contribution is -0.957. The summed E-state index contributed by atoms with van der Waals surface area (Å²) < 4.78 is 5.79. The fraction of sp³-hybridized carbons (Fsp3) is 0.550. The Balaban J connectivity index is 0.000000177. The van der Waals surface area contributed by atoms with Gasteiger partial charge in [-0.1, -0.05) is 0 Å². The molecule has 2 aliphatic rings. The van der Waals surface area contributed by atoms with Crippen molar-refractivity contribution in [3.8, 4) is 0 Å². The largest absolute Gasteiger partial charge is 0.530 e. The second-order valence-corrected chi connectivity index (χ2v) is 8.47. The highest BCUT2D eigenvalue weighted by Crippen LogP contribution is 2.17. The minimum Gasteiger partial charge on any atom is -0.530 e. The van der Waals surface area contributed by atoms with Crippen molar-refractivity contribution in [1.82, 2.24) is 24.8 Å². The second kappa shape index (κ2) is 9.31. The van der Waals surface area contributed by atoms with E-state index in [1.165, 1.54) is 11.2 Å². The average molecular weight is 415 g/mol. The number of aromatic nitrogens is 4. The van der Waals surface area contributed by atoms with Gasteiger partial charge in [0.25, 0.3) is 0 Å². The first-order valence-corrected chi connectivity index (χ1v) is 10.0. The van der Waals surface area contributed by atoms with Gasteiger partial charge < -0.3 is 30.2 Å². The van der Waals surface area contributed by atoms with Crippen molar-refractivity contribution in [3.63, 3.8) is 0 Å². The number of hydrogen-bond donors (Lipinski definition) is 2. The number of rotatable bonds is 1. The fourth-order valence-electron chi connectivity index (χ4n) is 3.52. The van der Waals surface area contributed by atoms with Gasteiger partial charge in [0.05, 0.1) is 24.4 Å². The number of nitrogens with two attached hydrogens (primary N) is 1. The molecule has 2 aromatic rings. The topological polar surface area (TPSA) is 135 Å². The molecule has 0 aromatic carbocycles. The summed E-state index contributed by atoms with van der Waals surface area (Å²) in [6, 6.07) is 0. The number of anilines is 1. The number of fused-ring (bicyclic) bond motifs is 1. The molecule has 2 aliphatic heterocycles. The van der Waals surface area contributed by atoms with Crippen molar-refractivity contribution in [2.45, 2.75) is 45.4 Å². The van der Waals surface area contributed by atoms with Crippen LogP contribution in [0.3, 0.4) is 0 Å². The van der Waals surface area contributed by atoms with Crippen molar-refractivity contribution in [2.24, 2.45) is 0 Å². The summed E-state index contributed by atoms with van der Waals surface area (Å²) in [4.78, 5) is 29.2. The number of quaternary nitrogens is 1. The van der Waals surface area contributed by atoms with Crippen LogP contribution in [-0.2, 0) is 17.7 Å². The maximum absolute atomic E-state index is 10.5. The number of amides is 1. The average Bonchev–Trinajstić information content (AvgIpc) is 2.74. The molecule has 1 amide bonds. The molecule has 2 atom stereocenters. The van der Waals surface area contributed by atoms with E-state index >= 15 is 0 Å². The zero-order chi connectivity index (χ0) is 21.7. The summed E-state index contributed by atoms with van der Waals surface area (Å²) in [7, 11) is 0. The summed E-state index contributed by atoms with van der Waals surface area (Å²) >= 11 is 0. The summed E-state index contributed by atoms with van der Waals surface area (Å²) in [6.45, 7) is 10.3. The molecule has 10 nitrogen and oxygen atoms in total. The first-order valence-electron chi connectivity index (χ1n) is 10.0. The number of carbonyl (C=O) groups excluding carboxylic acids is 1. The molecule has 0 bridgehead atoms. The van der Waals surface area contributed by atoms with Gasteiger partial charge >= 0.3 is 0 Å². The van der Waals surface area contributed by atoms with Gasteiger partial charge in [0.15, 0.2) is 0 Å². The van der Waals surface area contributed by atoms with Crippen LogP contribution in [0.5, 0.6) is 0 Å². The summed E-state index contributed by atoms with van der Waals surface area (Å²) in [5.41, 5.74) is 8.56. The minimum absolute atomic E-state index is 0.0820. The Bertz CT molecular complexity index is 854. The zero-order valence-electron chi connectivity index (χ0n) is 17.7. The SMILES string of the molecule is CC(C)(C)[NH+]1CCOC(c2cnc(N)nc2)C1.O=C([O-])N1CCc2cncnc2C1. The third kappa shape index (κ3) is 5.61. The van der Waals surface area contributed by atoms with E-state index in [2.05, 4.69) is 40.7 Å². The number of nitrogens with one attached hydrogen (secondary N) is 1. The molecule has 0 spiro atoms. The van der Waals surface area contributed by atoms with E-state index in [1.54, 1.807) is 23.5 Å². The smallest absolute Gasteiger partial charge is 0.219 e. The first kappa shape index (κ1) is 21.8. The number of ether oxygens (including phenoxy) is 1. The predicted octanol–water partition coefficient (Wildman–Crippen LogP) is -1.01. The Kier molecular flexibility index (Phi) is 6.78. The molecule has 1 saturated heterocycles. The standard InChI is InChI=1S/C12H20N4O.C8H9N3O2/c1-12(2,3)16-4-5-17-10(8-16)9-6-14-11(13)15-7-9;12-8(13)11-2-1-6-3-9-5-10-7(6)4-11/h6-7,10H,4-5,8H2,1-3H3,(H2,13,14,15);3,5H,1-2,4H2,(H,12,13). The van der Waals surface area contributed by atoms with Gasteiger partial charge in [0.1, 0.15) is 31.6 Å². The molecular formula is C20H29N7O3. The molecule has 1 fully saturated rings. The quantitative estimate of drug-likeness (QED) is 0.605. The maximum atomic E-state index is 10.5.